The van der Waals surface area contributed by atoms with Crippen molar-refractivity contribution in [2.45, 2.75) is 40.7 Å². The van der Waals surface area contributed by atoms with E-state index >= 15 is 0 Å². The van der Waals surface area contributed by atoms with Gasteiger partial charge in [-0.1, -0.05) is 38.5 Å². The zero-order chi connectivity index (χ0) is 13.8. The van der Waals surface area contributed by atoms with Crippen molar-refractivity contribution >= 4 is 5.69 Å². The Balaban J connectivity index is 2.18. The summed E-state index contributed by atoms with van der Waals surface area (Å²) in [6.07, 6.45) is 1.32. The van der Waals surface area contributed by atoms with Gasteiger partial charge in [0.05, 0.1) is 0 Å². The lowest BCUT2D eigenvalue weighted by Gasteiger charge is -2.38. The molecular formula is C17H28N2. The molecule has 106 valence electrons. The van der Waals surface area contributed by atoms with Crippen molar-refractivity contribution in [3.05, 3.63) is 29.3 Å². The van der Waals surface area contributed by atoms with Crippen LogP contribution < -0.4 is 10.2 Å². The number of nitrogens with zero attached hydrogens (tertiary/aromatic N) is 1. The average Bonchev–Trinajstić information content (AvgIpc) is 2.40. The molecular weight excluding hydrogens is 232 g/mol. The molecule has 1 heterocycles. The highest BCUT2D eigenvalue weighted by Gasteiger charge is 2.23. The summed E-state index contributed by atoms with van der Waals surface area (Å²) < 4.78 is 0. The molecule has 0 aliphatic carbocycles. The number of rotatable bonds is 4. The molecule has 0 radical (unpaired) electrons. The lowest BCUT2D eigenvalue weighted by molar-refractivity contribution is 0.323. The molecule has 1 aromatic rings. The fraction of sp³-hybridized carbons (Fsp3) is 0.647. The molecule has 0 amide bonds. The lowest BCUT2D eigenvalue weighted by Crippen LogP contribution is -2.39. The third kappa shape index (κ3) is 3.50. The Labute approximate surface area is 118 Å². The van der Waals surface area contributed by atoms with E-state index in [2.05, 4.69) is 56.1 Å². The minimum absolute atomic E-state index is 0.794. The predicted molar refractivity (Wildman–Crippen MR) is 83.7 cm³/mol. The number of benzene rings is 1. The largest absolute Gasteiger partial charge is 0.371 e. The van der Waals surface area contributed by atoms with Crippen LogP contribution in [0.1, 0.15) is 38.3 Å². The number of piperidine rings is 1. The van der Waals surface area contributed by atoms with Crippen LogP contribution in [0.15, 0.2) is 18.2 Å². The van der Waals surface area contributed by atoms with Crippen molar-refractivity contribution in [2.24, 2.45) is 11.8 Å². The Hall–Kier alpha value is -1.02. The first-order chi connectivity index (χ1) is 9.11. The van der Waals surface area contributed by atoms with E-state index in [4.69, 9.17) is 0 Å². The second-order valence-corrected chi connectivity index (χ2v) is 6.10. The predicted octanol–water partition coefficient (Wildman–Crippen LogP) is 3.59. The third-order valence-electron chi connectivity index (χ3n) is 4.48. The Bertz CT molecular complexity index is 414. The monoisotopic (exact) mass is 260 g/mol. The van der Waals surface area contributed by atoms with Crippen molar-refractivity contribution in [3.63, 3.8) is 0 Å². The highest BCUT2D eigenvalue weighted by Crippen LogP contribution is 2.29. The van der Waals surface area contributed by atoms with Crippen LogP contribution >= 0.6 is 0 Å². The first-order valence-corrected chi connectivity index (χ1v) is 7.67. The van der Waals surface area contributed by atoms with E-state index in [9.17, 15) is 0 Å². The molecule has 2 atom stereocenters. The fourth-order valence-corrected chi connectivity index (χ4v) is 2.91. The van der Waals surface area contributed by atoms with Gasteiger partial charge in [0.2, 0.25) is 0 Å². The first-order valence-electron chi connectivity index (χ1n) is 7.67. The normalized spacial score (nSPS) is 23.7. The molecule has 19 heavy (non-hydrogen) atoms. The molecule has 1 aliphatic heterocycles. The van der Waals surface area contributed by atoms with Crippen LogP contribution in [0.3, 0.4) is 0 Å². The van der Waals surface area contributed by atoms with Crippen molar-refractivity contribution < 1.29 is 0 Å². The lowest BCUT2D eigenvalue weighted by atomic mass is 9.88. The van der Waals surface area contributed by atoms with Crippen LogP contribution in [-0.4, -0.2) is 19.6 Å². The van der Waals surface area contributed by atoms with Gasteiger partial charge in [-0.3, -0.25) is 0 Å². The maximum absolute atomic E-state index is 3.46. The van der Waals surface area contributed by atoms with Crippen LogP contribution in [0, 0.1) is 18.8 Å². The standard InChI is InChI=1S/C17H28N2/c1-5-18-11-16-10-13(2)6-7-17(16)19-9-8-14(3)15(4)12-19/h6-7,10,14-15,18H,5,8-9,11-12H2,1-4H3. The van der Waals surface area contributed by atoms with Gasteiger partial charge in [0.1, 0.15) is 0 Å². The summed E-state index contributed by atoms with van der Waals surface area (Å²) in [5.74, 6) is 1.65. The number of hydrogen-bond donors (Lipinski definition) is 1. The number of anilines is 1. The zero-order valence-corrected chi connectivity index (χ0v) is 12.9. The summed E-state index contributed by atoms with van der Waals surface area (Å²) in [5, 5.41) is 3.46. The Morgan fingerprint density at radius 1 is 1.26 bits per heavy atom. The van der Waals surface area contributed by atoms with Gasteiger partial charge in [-0.2, -0.15) is 0 Å². The summed E-state index contributed by atoms with van der Waals surface area (Å²) in [4.78, 5) is 2.58. The smallest absolute Gasteiger partial charge is 0.0412 e. The molecule has 1 aromatic carbocycles. The SMILES string of the molecule is CCNCc1cc(C)ccc1N1CCC(C)C(C)C1. The molecule has 2 unspecified atom stereocenters. The molecule has 0 aromatic heterocycles. The Morgan fingerprint density at radius 3 is 2.74 bits per heavy atom. The maximum Gasteiger partial charge on any atom is 0.0412 e. The summed E-state index contributed by atoms with van der Waals surface area (Å²) in [7, 11) is 0. The molecule has 1 aliphatic rings. The van der Waals surface area contributed by atoms with Gasteiger partial charge in [0, 0.05) is 25.3 Å². The Morgan fingerprint density at radius 2 is 2.05 bits per heavy atom. The first kappa shape index (κ1) is 14.4. The van der Waals surface area contributed by atoms with Crippen LogP contribution in [-0.2, 0) is 6.54 Å². The van der Waals surface area contributed by atoms with Crippen molar-refractivity contribution in [2.75, 3.05) is 24.5 Å². The second kappa shape index (κ2) is 6.42. The van der Waals surface area contributed by atoms with Crippen LogP contribution in [0.25, 0.3) is 0 Å². The molecule has 2 rings (SSSR count). The maximum atomic E-state index is 3.46. The minimum Gasteiger partial charge on any atom is -0.371 e. The molecule has 0 bridgehead atoms. The van der Waals surface area contributed by atoms with E-state index in [1.165, 1.54) is 36.3 Å². The molecule has 1 fully saturated rings. The van der Waals surface area contributed by atoms with E-state index in [0.717, 1.165) is 24.9 Å². The fourth-order valence-electron chi connectivity index (χ4n) is 2.91. The summed E-state index contributed by atoms with van der Waals surface area (Å²) in [6, 6.07) is 6.89. The van der Waals surface area contributed by atoms with Crippen LogP contribution in [0.2, 0.25) is 0 Å². The number of nitrogens with one attached hydrogen (secondary N) is 1. The van der Waals surface area contributed by atoms with Crippen molar-refractivity contribution in [3.8, 4) is 0 Å². The van der Waals surface area contributed by atoms with Gasteiger partial charge in [0.15, 0.2) is 0 Å². The topological polar surface area (TPSA) is 15.3 Å². The highest BCUT2D eigenvalue weighted by molar-refractivity contribution is 5.55. The number of hydrogen-bond acceptors (Lipinski definition) is 2. The van der Waals surface area contributed by atoms with E-state index < -0.39 is 0 Å². The van der Waals surface area contributed by atoms with Gasteiger partial charge in [-0.25, -0.2) is 0 Å². The molecule has 0 spiro atoms. The summed E-state index contributed by atoms with van der Waals surface area (Å²) in [5.41, 5.74) is 4.24. The second-order valence-electron chi connectivity index (χ2n) is 6.10. The van der Waals surface area contributed by atoms with E-state index in [1.54, 1.807) is 0 Å². The Kier molecular flexibility index (Phi) is 4.87. The van der Waals surface area contributed by atoms with Gasteiger partial charge in [0.25, 0.3) is 0 Å². The summed E-state index contributed by atoms with van der Waals surface area (Å²) >= 11 is 0. The van der Waals surface area contributed by atoms with Crippen molar-refractivity contribution in [1.29, 1.82) is 0 Å². The van der Waals surface area contributed by atoms with Gasteiger partial charge in [-0.05, 0) is 43.4 Å². The third-order valence-corrected chi connectivity index (χ3v) is 4.48. The highest BCUT2D eigenvalue weighted by atomic mass is 15.1. The minimum atomic E-state index is 0.794. The van der Waals surface area contributed by atoms with Crippen molar-refractivity contribution in [1.82, 2.24) is 5.32 Å². The zero-order valence-electron chi connectivity index (χ0n) is 12.9. The molecule has 1 saturated heterocycles. The average molecular weight is 260 g/mol. The van der Waals surface area contributed by atoms with Gasteiger partial charge in [-0.15, -0.1) is 0 Å². The van der Waals surface area contributed by atoms with Gasteiger partial charge >= 0.3 is 0 Å². The van der Waals surface area contributed by atoms with E-state index in [1.807, 2.05) is 0 Å². The van der Waals surface area contributed by atoms with Crippen LogP contribution in [0.5, 0.6) is 0 Å². The molecule has 2 nitrogen and oxygen atoms in total. The summed E-state index contributed by atoms with van der Waals surface area (Å²) in [6.45, 7) is 13.5. The molecule has 0 saturated carbocycles. The number of aryl methyl sites for hydroxylation is 1. The van der Waals surface area contributed by atoms with Gasteiger partial charge < -0.3 is 10.2 Å². The molecule has 2 heteroatoms. The molecule has 1 N–H and O–H groups in total. The quantitative estimate of drug-likeness (QED) is 0.890. The van der Waals surface area contributed by atoms with E-state index in [0.29, 0.717) is 0 Å². The van der Waals surface area contributed by atoms with Crippen LogP contribution in [0.4, 0.5) is 5.69 Å². The van der Waals surface area contributed by atoms with E-state index in [-0.39, 0.29) is 0 Å².